The number of anilines is 1. The molecule has 1 unspecified atom stereocenters. The molecule has 172 valence electrons. The van der Waals surface area contributed by atoms with E-state index in [1.807, 2.05) is 67.3 Å². The van der Waals surface area contributed by atoms with Crippen LogP contribution in [0.1, 0.15) is 42.1 Å². The Hall–Kier alpha value is -3.48. The third kappa shape index (κ3) is 4.97. The highest BCUT2D eigenvalue weighted by molar-refractivity contribution is 5.80. The number of aryl methyl sites for hydroxylation is 1. The summed E-state index contributed by atoms with van der Waals surface area (Å²) in [6.07, 6.45) is 8.72. The molecule has 1 atom stereocenters. The first kappa shape index (κ1) is 22.7. The summed E-state index contributed by atoms with van der Waals surface area (Å²) >= 11 is 0. The fourth-order valence-corrected chi connectivity index (χ4v) is 4.45. The van der Waals surface area contributed by atoms with Crippen molar-refractivity contribution in [2.24, 2.45) is 0 Å². The smallest absolute Gasteiger partial charge is 0.227 e. The molecule has 1 amide bonds. The molecule has 0 bridgehead atoms. The van der Waals surface area contributed by atoms with Crippen LogP contribution in [-0.2, 0) is 11.2 Å². The minimum absolute atomic E-state index is 0.0875. The van der Waals surface area contributed by atoms with E-state index in [4.69, 9.17) is 9.72 Å². The number of piperidine rings is 1. The van der Waals surface area contributed by atoms with Gasteiger partial charge in [-0.1, -0.05) is 12.1 Å². The number of likely N-dealkylation sites (tertiary alicyclic amines) is 1. The summed E-state index contributed by atoms with van der Waals surface area (Å²) in [5, 5.41) is 0. The quantitative estimate of drug-likeness (QED) is 0.566. The second kappa shape index (κ2) is 9.98. The molecule has 1 aromatic carbocycles. The molecule has 4 rings (SSSR count). The topological polar surface area (TPSA) is 71.5 Å². The highest BCUT2D eigenvalue weighted by atomic mass is 16.5. The van der Waals surface area contributed by atoms with Gasteiger partial charge in [-0.25, -0.2) is 9.97 Å². The molecule has 2 aromatic heterocycles. The first-order chi connectivity index (χ1) is 16.0. The van der Waals surface area contributed by atoms with Crippen molar-refractivity contribution in [1.82, 2.24) is 19.9 Å². The van der Waals surface area contributed by atoms with E-state index in [0.29, 0.717) is 12.4 Å². The van der Waals surface area contributed by atoms with Gasteiger partial charge in [0.15, 0.2) is 0 Å². The van der Waals surface area contributed by atoms with Crippen LogP contribution in [0, 0.1) is 6.92 Å². The molecule has 7 nitrogen and oxygen atoms in total. The molecular formula is C26H31N5O2. The van der Waals surface area contributed by atoms with E-state index in [1.54, 1.807) is 19.5 Å². The average Bonchev–Trinajstić information content (AvgIpc) is 2.84. The highest BCUT2D eigenvalue weighted by Gasteiger charge is 2.31. The van der Waals surface area contributed by atoms with E-state index in [2.05, 4.69) is 9.97 Å². The first-order valence-electron chi connectivity index (χ1n) is 11.4. The van der Waals surface area contributed by atoms with Gasteiger partial charge < -0.3 is 14.5 Å². The summed E-state index contributed by atoms with van der Waals surface area (Å²) in [5.41, 5.74) is 4.89. The summed E-state index contributed by atoms with van der Waals surface area (Å²) in [4.78, 5) is 31.1. The maximum Gasteiger partial charge on any atom is 0.227 e. The Morgan fingerprint density at radius 3 is 2.67 bits per heavy atom. The Labute approximate surface area is 195 Å². The molecule has 0 N–H and O–H groups in total. The number of methoxy groups -OCH3 is 1. The van der Waals surface area contributed by atoms with Crippen LogP contribution >= 0.6 is 0 Å². The third-order valence-corrected chi connectivity index (χ3v) is 6.15. The van der Waals surface area contributed by atoms with Crippen LogP contribution in [0.3, 0.4) is 0 Å². The molecule has 0 saturated carbocycles. The zero-order valence-electron chi connectivity index (χ0n) is 19.8. The van der Waals surface area contributed by atoms with E-state index in [0.717, 1.165) is 59.5 Å². The number of pyridine rings is 1. The Balaban J connectivity index is 1.68. The van der Waals surface area contributed by atoms with Crippen molar-refractivity contribution in [3.05, 3.63) is 65.7 Å². The average molecular weight is 446 g/mol. The number of hydrogen-bond donors (Lipinski definition) is 0. The number of carbonyl (C=O) groups is 1. The molecule has 1 aliphatic rings. The molecule has 1 fully saturated rings. The van der Waals surface area contributed by atoms with Gasteiger partial charge in [0.25, 0.3) is 0 Å². The molecule has 0 radical (unpaired) electrons. The predicted molar refractivity (Wildman–Crippen MR) is 129 cm³/mol. The lowest BCUT2D eigenvalue weighted by molar-refractivity contribution is -0.134. The van der Waals surface area contributed by atoms with Crippen LogP contribution in [-0.4, -0.2) is 53.5 Å². The number of aromatic nitrogens is 3. The summed E-state index contributed by atoms with van der Waals surface area (Å²) in [6.45, 7) is 2.73. The molecule has 1 aliphatic heterocycles. The van der Waals surface area contributed by atoms with E-state index in [1.165, 1.54) is 0 Å². The summed E-state index contributed by atoms with van der Waals surface area (Å²) in [5.74, 6) is 1.60. The van der Waals surface area contributed by atoms with Crippen molar-refractivity contribution in [3.63, 3.8) is 0 Å². The maximum absolute atomic E-state index is 13.5. The number of nitrogens with zero attached hydrogens (tertiary/aromatic N) is 5. The van der Waals surface area contributed by atoms with Crippen LogP contribution in [0.15, 0.2) is 48.9 Å². The number of benzene rings is 1. The second-order valence-corrected chi connectivity index (χ2v) is 8.68. The van der Waals surface area contributed by atoms with Gasteiger partial charge in [0.2, 0.25) is 11.9 Å². The number of carbonyl (C=O) groups excluding carboxylic acids is 1. The number of rotatable bonds is 6. The van der Waals surface area contributed by atoms with Crippen molar-refractivity contribution < 1.29 is 9.53 Å². The van der Waals surface area contributed by atoms with Crippen LogP contribution < -0.4 is 9.64 Å². The zero-order chi connectivity index (χ0) is 23.4. The van der Waals surface area contributed by atoms with E-state index in [-0.39, 0.29) is 11.9 Å². The SMILES string of the molecule is COc1ccc(CC(=O)N2CCCCC2c2nc(N(C)C)ncc2-c2ccncc2)cc1C. The van der Waals surface area contributed by atoms with Crippen LogP contribution in [0.4, 0.5) is 5.95 Å². The van der Waals surface area contributed by atoms with E-state index >= 15 is 0 Å². The van der Waals surface area contributed by atoms with Crippen molar-refractivity contribution in [2.45, 2.75) is 38.6 Å². The molecular weight excluding hydrogens is 414 g/mol. The highest BCUT2D eigenvalue weighted by Crippen LogP contribution is 2.36. The number of ether oxygens (including phenoxy) is 1. The van der Waals surface area contributed by atoms with Gasteiger partial charge in [-0.2, -0.15) is 0 Å². The Morgan fingerprint density at radius 1 is 1.18 bits per heavy atom. The summed E-state index contributed by atoms with van der Waals surface area (Å²) < 4.78 is 5.36. The van der Waals surface area contributed by atoms with E-state index in [9.17, 15) is 4.79 Å². The van der Waals surface area contributed by atoms with Crippen molar-refractivity contribution in [3.8, 4) is 16.9 Å². The van der Waals surface area contributed by atoms with Gasteiger partial charge in [0.05, 0.1) is 25.3 Å². The van der Waals surface area contributed by atoms with Crippen LogP contribution in [0.2, 0.25) is 0 Å². The lowest BCUT2D eigenvalue weighted by atomic mass is 9.93. The van der Waals surface area contributed by atoms with Gasteiger partial charge in [-0.05, 0) is 61.1 Å². The normalized spacial score (nSPS) is 15.9. The third-order valence-electron chi connectivity index (χ3n) is 6.15. The molecule has 7 heteroatoms. The first-order valence-corrected chi connectivity index (χ1v) is 11.4. The zero-order valence-corrected chi connectivity index (χ0v) is 19.8. The standard InChI is InChI=1S/C26H31N5O2/c1-18-15-19(8-9-23(18)33-4)16-24(32)31-14-6-5-7-22(31)25-21(20-10-12-27-13-11-20)17-28-26(29-25)30(2)3/h8-13,15,17,22H,5-7,14,16H2,1-4H3. The maximum atomic E-state index is 13.5. The monoisotopic (exact) mass is 445 g/mol. The number of hydrogen-bond acceptors (Lipinski definition) is 6. The van der Waals surface area contributed by atoms with Gasteiger partial charge in [0, 0.05) is 44.8 Å². The van der Waals surface area contributed by atoms with Crippen LogP contribution in [0.5, 0.6) is 5.75 Å². The molecule has 33 heavy (non-hydrogen) atoms. The predicted octanol–water partition coefficient (Wildman–Crippen LogP) is 4.22. The fourth-order valence-electron chi connectivity index (χ4n) is 4.45. The number of amides is 1. The van der Waals surface area contributed by atoms with Crippen molar-refractivity contribution in [2.75, 3.05) is 32.6 Å². The van der Waals surface area contributed by atoms with Crippen LogP contribution in [0.25, 0.3) is 11.1 Å². The van der Waals surface area contributed by atoms with E-state index < -0.39 is 0 Å². The summed E-state index contributed by atoms with van der Waals surface area (Å²) in [7, 11) is 5.53. The van der Waals surface area contributed by atoms with Gasteiger partial charge in [-0.15, -0.1) is 0 Å². The fraction of sp³-hybridized carbons (Fsp3) is 0.385. The molecule has 0 spiro atoms. The lowest BCUT2D eigenvalue weighted by Crippen LogP contribution is -2.40. The lowest BCUT2D eigenvalue weighted by Gasteiger charge is -2.36. The summed E-state index contributed by atoms with van der Waals surface area (Å²) in [6, 6.07) is 9.78. The molecule has 1 saturated heterocycles. The Kier molecular flexibility index (Phi) is 6.87. The van der Waals surface area contributed by atoms with Gasteiger partial charge in [0.1, 0.15) is 5.75 Å². The molecule has 3 aromatic rings. The second-order valence-electron chi connectivity index (χ2n) is 8.68. The Morgan fingerprint density at radius 2 is 1.97 bits per heavy atom. The largest absolute Gasteiger partial charge is 0.496 e. The van der Waals surface area contributed by atoms with Gasteiger partial charge >= 0.3 is 0 Å². The Bertz CT molecular complexity index is 1120. The molecule has 3 heterocycles. The van der Waals surface area contributed by atoms with Gasteiger partial charge in [-0.3, -0.25) is 9.78 Å². The minimum atomic E-state index is -0.0875. The van der Waals surface area contributed by atoms with Crippen molar-refractivity contribution >= 4 is 11.9 Å². The minimum Gasteiger partial charge on any atom is -0.496 e. The molecule has 0 aliphatic carbocycles. The van der Waals surface area contributed by atoms with Crippen molar-refractivity contribution in [1.29, 1.82) is 0 Å².